The second-order valence-corrected chi connectivity index (χ2v) is 5.33. The number of allylic oxidation sites excluding steroid dienone is 2. The molecule has 2 rings (SSSR count). The highest BCUT2D eigenvalue weighted by atomic mass is 16.5. The highest BCUT2D eigenvalue weighted by Gasteiger charge is 2.22. The molecule has 1 atom stereocenters. The van der Waals surface area contributed by atoms with Gasteiger partial charge in [0.05, 0.1) is 6.26 Å². The van der Waals surface area contributed by atoms with Gasteiger partial charge >= 0.3 is 5.97 Å². The quantitative estimate of drug-likeness (QED) is 0.629. The minimum atomic E-state index is -0.455. The van der Waals surface area contributed by atoms with E-state index >= 15 is 0 Å². The highest BCUT2D eigenvalue weighted by Crippen LogP contribution is 2.29. The summed E-state index contributed by atoms with van der Waals surface area (Å²) >= 11 is 0. The molecular weight excluding hydrogens is 268 g/mol. The first-order chi connectivity index (χ1) is 10.0. The number of hydrogen-bond acceptors (Lipinski definition) is 4. The normalized spacial score (nSPS) is 18.0. The Hall–Kier alpha value is -2.10. The fourth-order valence-electron chi connectivity index (χ4n) is 2.42. The van der Waals surface area contributed by atoms with Gasteiger partial charge in [-0.1, -0.05) is 25.2 Å². The molecule has 0 spiro atoms. The molecule has 0 N–H and O–H groups in total. The van der Waals surface area contributed by atoms with Crippen LogP contribution in [0.15, 0.2) is 45.3 Å². The molecule has 0 saturated carbocycles. The van der Waals surface area contributed by atoms with Crippen molar-refractivity contribution < 1.29 is 13.9 Å². The number of carbonyl (C=O) groups excluding carboxylic acids is 1. The van der Waals surface area contributed by atoms with E-state index in [1.54, 1.807) is 0 Å². The van der Waals surface area contributed by atoms with Crippen LogP contribution in [-0.4, -0.2) is 5.97 Å². The van der Waals surface area contributed by atoms with E-state index in [1.807, 2.05) is 19.9 Å². The third-order valence-electron chi connectivity index (χ3n) is 3.79. The summed E-state index contributed by atoms with van der Waals surface area (Å²) in [6, 6.07) is 1.26. The Morgan fingerprint density at radius 3 is 2.86 bits per heavy atom. The molecule has 1 aliphatic rings. The van der Waals surface area contributed by atoms with Gasteiger partial charge in [-0.15, -0.1) is 0 Å². The molecule has 0 bridgehead atoms. The Bertz CT molecular complexity index is 636. The molecule has 0 aromatic carbocycles. The first kappa shape index (κ1) is 15.3. The van der Waals surface area contributed by atoms with Gasteiger partial charge in [0.1, 0.15) is 5.76 Å². The molecule has 1 aromatic rings. The molecule has 0 aliphatic heterocycles. The van der Waals surface area contributed by atoms with Crippen molar-refractivity contribution in [3.8, 4) is 5.75 Å². The Morgan fingerprint density at radius 1 is 1.52 bits per heavy atom. The van der Waals surface area contributed by atoms with E-state index in [0.29, 0.717) is 30.1 Å². The monoisotopic (exact) mass is 288 g/mol. The maximum Gasteiger partial charge on any atom is 0.339 e. The molecular formula is C17H20O4. The summed E-state index contributed by atoms with van der Waals surface area (Å²) in [6.45, 7) is 7.80. The zero-order chi connectivity index (χ0) is 15.4. The lowest BCUT2D eigenvalue weighted by molar-refractivity contribution is -0.130. The Morgan fingerprint density at radius 2 is 2.29 bits per heavy atom. The van der Waals surface area contributed by atoms with Crippen molar-refractivity contribution in [2.45, 2.75) is 39.5 Å². The first-order valence-corrected chi connectivity index (χ1v) is 7.20. The fourth-order valence-corrected chi connectivity index (χ4v) is 2.42. The lowest BCUT2D eigenvalue weighted by atomic mass is 9.85. The van der Waals surface area contributed by atoms with Crippen molar-refractivity contribution in [1.82, 2.24) is 0 Å². The summed E-state index contributed by atoms with van der Waals surface area (Å²) in [5, 5.41) is 0. The second kappa shape index (κ2) is 6.57. The number of carbonyl (C=O) groups is 1. The first-order valence-electron chi connectivity index (χ1n) is 7.20. The Labute approximate surface area is 124 Å². The van der Waals surface area contributed by atoms with Gasteiger partial charge in [0, 0.05) is 18.1 Å². The van der Waals surface area contributed by atoms with Crippen molar-refractivity contribution in [2.24, 2.45) is 5.92 Å². The van der Waals surface area contributed by atoms with Crippen LogP contribution >= 0.6 is 0 Å². The van der Waals surface area contributed by atoms with Crippen LogP contribution in [0.1, 0.15) is 38.9 Å². The average Bonchev–Trinajstić information content (AvgIpc) is 2.49. The SMILES string of the molecule is C=C(C)[C@@H]1CC=C(C(=O)Oc2c(CC)occc2=O)CC1. The van der Waals surface area contributed by atoms with Gasteiger partial charge in [-0.3, -0.25) is 4.79 Å². The van der Waals surface area contributed by atoms with Gasteiger partial charge < -0.3 is 9.15 Å². The summed E-state index contributed by atoms with van der Waals surface area (Å²) in [5.41, 5.74) is 1.43. The van der Waals surface area contributed by atoms with Crippen molar-refractivity contribution in [3.63, 3.8) is 0 Å². The van der Waals surface area contributed by atoms with Gasteiger partial charge in [-0.2, -0.15) is 0 Å². The maximum atomic E-state index is 12.2. The zero-order valence-corrected chi connectivity index (χ0v) is 12.5. The lowest BCUT2D eigenvalue weighted by Gasteiger charge is -2.21. The molecule has 0 saturated heterocycles. The van der Waals surface area contributed by atoms with Crippen molar-refractivity contribution in [2.75, 3.05) is 0 Å². The molecule has 1 aromatic heterocycles. The molecule has 0 fully saturated rings. The van der Waals surface area contributed by atoms with Crippen LogP contribution in [-0.2, 0) is 11.2 Å². The number of esters is 1. The van der Waals surface area contributed by atoms with E-state index in [1.165, 1.54) is 12.3 Å². The van der Waals surface area contributed by atoms with Crippen LogP contribution in [0.2, 0.25) is 0 Å². The minimum Gasteiger partial charge on any atom is -0.465 e. The largest absolute Gasteiger partial charge is 0.465 e. The van der Waals surface area contributed by atoms with Gasteiger partial charge in [0.25, 0.3) is 0 Å². The number of rotatable bonds is 4. The molecule has 0 amide bonds. The van der Waals surface area contributed by atoms with Crippen molar-refractivity contribution >= 4 is 5.97 Å². The summed E-state index contributed by atoms with van der Waals surface area (Å²) < 4.78 is 10.5. The third-order valence-corrected chi connectivity index (χ3v) is 3.79. The smallest absolute Gasteiger partial charge is 0.339 e. The number of ether oxygens (including phenoxy) is 1. The Balaban J connectivity index is 2.13. The third kappa shape index (κ3) is 3.51. The van der Waals surface area contributed by atoms with Gasteiger partial charge in [-0.25, -0.2) is 4.79 Å². The van der Waals surface area contributed by atoms with E-state index in [0.717, 1.165) is 18.4 Å². The minimum absolute atomic E-state index is 0.00734. The van der Waals surface area contributed by atoms with Crippen molar-refractivity contribution in [3.05, 3.63) is 52.1 Å². The van der Waals surface area contributed by atoms with Gasteiger partial charge in [0.2, 0.25) is 11.2 Å². The molecule has 1 aliphatic carbocycles. The molecule has 4 nitrogen and oxygen atoms in total. The van der Waals surface area contributed by atoms with Crippen LogP contribution in [0.25, 0.3) is 0 Å². The topological polar surface area (TPSA) is 56.5 Å². The predicted molar refractivity (Wildman–Crippen MR) is 80.2 cm³/mol. The lowest BCUT2D eigenvalue weighted by Crippen LogP contribution is -2.20. The maximum absolute atomic E-state index is 12.2. The van der Waals surface area contributed by atoms with Crippen LogP contribution in [0.3, 0.4) is 0 Å². The molecule has 112 valence electrons. The molecule has 0 unspecified atom stereocenters. The number of aryl methyl sites for hydroxylation is 1. The van der Waals surface area contributed by atoms with Crippen LogP contribution < -0.4 is 10.2 Å². The standard InChI is InChI=1S/C17H20O4/c1-4-15-16(14(18)9-10-20-15)21-17(19)13-7-5-12(6-8-13)11(2)3/h7,9-10,12H,2,4-6,8H2,1,3H3/t12-/m1/s1. The van der Waals surface area contributed by atoms with Crippen LogP contribution in [0.5, 0.6) is 5.75 Å². The van der Waals surface area contributed by atoms with Crippen LogP contribution in [0, 0.1) is 5.92 Å². The summed E-state index contributed by atoms with van der Waals surface area (Å²) in [6.07, 6.45) is 6.03. The van der Waals surface area contributed by atoms with E-state index in [9.17, 15) is 9.59 Å². The van der Waals surface area contributed by atoms with E-state index in [2.05, 4.69) is 6.58 Å². The zero-order valence-electron chi connectivity index (χ0n) is 12.5. The second-order valence-electron chi connectivity index (χ2n) is 5.33. The highest BCUT2D eigenvalue weighted by molar-refractivity contribution is 5.90. The molecule has 1 heterocycles. The van der Waals surface area contributed by atoms with Crippen LogP contribution in [0.4, 0.5) is 0 Å². The van der Waals surface area contributed by atoms with E-state index in [4.69, 9.17) is 9.15 Å². The molecule has 21 heavy (non-hydrogen) atoms. The van der Waals surface area contributed by atoms with E-state index < -0.39 is 5.97 Å². The summed E-state index contributed by atoms with van der Waals surface area (Å²) in [7, 11) is 0. The fraction of sp³-hybridized carbons (Fsp3) is 0.412. The van der Waals surface area contributed by atoms with Gasteiger partial charge in [0.15, 0.2) is 0 Å². The predicted octanol–water partition coefficient (Wildman–Crippen LogP) is 3.41. The molecule has 4 heteroatoms. The Kier molecular flexibility index (Phi) is 4.78. The molecule has 0 radical (unpaired) electrons. The summed E-state index contributed by atoms with van der Waals surface area (Å²) in [5.74, 6) is 0.373. The number of hydrogen-bond donors (Lipinski definition) is 0. The van der Waals surface area contributed by atoms with Crippen molar-refractivity contribution in [1.29, 1.82) is 0 Å². The average molecular weight is 288 g/mol. The van der Waals surface area contributed by atoms with Gasteiger partial charge in [-0.05, 0) is 32.1 Å². The summed E-state index contributed by atoms with van der Waals surface area (Å²) in [4.78, 5) is 24.0. The van der Waals surface area contributed by atoms with E-state index in [-0.39, 0.29) is 11.2 Å².